The second kappa shape index (κ2) is 6.30. The minimum atomic E-state index is -0.645. The van der Waals surface area contributed by atoms with Crippen molar-refractivity contribution in [3.63, 3.8) is 0 Å². The summed E-state index contributed by atoms with van der Waals surface area (Å²) in [6, 6.07) is 2.49. The summed E-state index contributed by atoms with van der Waals surface area (Å²) in [5.74, 6) is -1.29. The van der Waals surface area contributed by atoms with Gasteiger partial charge in [0, 0.05) is 19.2 Å². The zero-order valence-electron chi connectivity index (χ0n) is 10.8. The number of nitrogens with zero attached hydrogens (tertiary/aromatic N) is 1. The molecule has 2 rings (SSSR count). The van der Waals surface area contributed by atoms with Gasteiger partial charge in [0.2, 0.25) is 0 Å². The highest BCUT2D eigenvalue weighted by molar-refractivity contribution is 5.52. The molecule has 1 fully saturated rings. The van der Waals surface area contributed by atoms with E-state index in [-0.39, 0.29) is 30.5 Å². The highest BCUT2D eigenvalue weighted by atomic mass is 19.1. The van der Waals surface area contributed by atoms with Gasteiger partial charge in [-0.25, -0.2) is 8.78 Å². The molecular weight excluding hydrogens is 252 g/mol. The standard InChI is InChI=1S/C14H19F2NO2/c15-12-7-10(9-19)8-13(16)14(12)17(5-2-6-18)11-3-1-4-11/h7-8,11,18-19H,1-6,9H2. The van der Waals surface area contributed by atoms with E-state index < -0.39 is 11.6 Å². The molecule has 1 aromatic carbocycles. The van der Waals surface area contributed by atoms with E-state index in [1.165, 1.54) is 12.1 Å². The van der Waals surface area contributed by atoms with E-state index >= 15 is 0 Å². The molecular formula is C14H19F2NO2. The van der Waals surface area contributed by atoms with Crippen LogP contribution >= 0.6 is 0 Å². The van der Waals surface area contributed by atoms with Crippen LogP contribution < -0.4 is 4.90 Å². The van der Waals surface area contributed by atoms with Gasteiger partial charge in [-0.2, -0.15) is 0 Å². The zero-order chi connectivity index (χ0) is 13.8. The Morgan fingerprint density at radius 1 is 1.16 bits per heavy atom. The van der Waals surface area contributed by atoms with Gasteiger partial charge in [-0.15, -0.1) is 0 Å². The predicted octanol–water partition coefficient (Wildman–Crippen LogP) is 2.20. The van der Waals surface area contributed by atoms with Gasteiger partial charge in [0.1, 0.15) is 17.3 Å². The fraction of sp³-hybridized carbons (Fsp3) is 0.571. The Kier molecular flexibility index (Phi) is 4.71. The maximum Gasteiger partial charge on any atom is 0.149 e. The highest BCUT2D eigenvalue weighted by Crippen LogP contribution is 2.33. The zero-order valence-corrected chi connectivity index (χ0v) is 10.8. The fourth-order valence-corrected chi connectivity index (χ4v) is 2.40. The van der Waals surface area contributed by atoms with Gasteiger partial charge in [-0.05, 0) is 43.4 Å². The van der Waals surface area contributed by atoms with Crippen LogP contribution in [0.25, 0.3) is 0 Å². The molecule has 1 aromatic rings. The van der Waals surface area contributed by atoms with Crippen molar-refractivity contribution in [2.75, 3.05) is 18.1 Å². The lowest BCUT2D eigenvalue weighted by Gasteiger charge is -2.39. The van der Waals surface area contributed by atoms with Crippen molar-refractivity contribution in [2.45, 2.75) is 38.3 Å². The number of hydrogen-bond donors (Lipinski definition) is 2. The van der Waals surface area contributed by atoms with Crippen LogP contribution in [-0.4, -0.2) is 29.4 Å². The van der Waals surface area contributed by atoms with Gasteiger partial charge in [-0.1, -0.05) is 0 Å². The Hall–Kier alpha value is -1.20. The monoisotopic (exact) mass is 271 g/mol. The molecule has 0 aliphatic heterocycles. The van der Waals surface area contributed by atoms with Crippen molar-refractivity contribution in [1.29, 1.82) is 0 Å². The lowest BCUT2D eigenvalue weighted by molar-refractivity contribution is 0.279. The molecule has 5 heteroatoms. The van der Waals surface area contributed by atoms with E-state index in [0.717, 1.165) is 19.3 Å². The molecule has 0 unspecified atom stereocenters. The van der Waals surface area contributed by atoms with Crippen LogP contribution in [0.1, 0.15) is 31.2 Å². The third kappa shape index (κ3) is 3.04. The van der Waals surface area contributed by atoms with E-state index in [0.29, 0.717) is 13.0 Å². The number of halogens is 2. The molecule has 1 saturated carbocycles. The van der Waals surface area contributed by atoms with Crippen molar-refractivity contribution < 1.29 is 19.0 Å². The average molecular weight is 271 g/mol. The van der Waals surface area contributed by atoms with Crippen molar-refractivity contribution in [3.8, 4) is 0 Å². The third-order valence-electron chi connectivity index (χ3n) is 3.62. The first-order valence-electron chi connectivity index (χ1n) is 6.63. The van der Waals surface area contributed by atoms with Crippen molar-refractivity contribution in [2.24, 2.45) is 0 Å². The summed E-state index contributed by atoms with van der Waals surface area (Å²) in [7, 11) is 0. The number of aliphatic hydroxyl groups is 2. The summed E-state index contributed by atoms with van der Waals surface area (Å²) in [5, 5.41) is 17.9. The van der Waals surface area contributed by atoms with E-state index in [9.17, 15) is 8.78 Å². The Balaban J connectivity index is 2.29. The van der Waals surface area contributed by atoms with E-state index in [1.54, 1.807) is 4.90 Å². The lowest BCUT2D eigenvalue weighted by atomic mass is 9.90. The summed E-state index contributed by atoms with van der Waals surface area (Å²) < 4.78 is 28.1. The van der Waals surface area contributed by atoms with Gasteiger partial charge >= 0.3 is 0 Å². The summed E-state index contributed by atoms with van der Waals surface area (Å²) in [5.41, 5.74) is 0.199. The molecule has 19 heavy (non-hydrogen) atoms. The van der Waals surface area contributed by atoms with Gasteiger partial charge < -0.3 is 15.1 Å². The number of anilines is 1. The molecule has 1 aliphatic rings. The van der Waals surface area contributed by atoms with E-state index in [4.69, 9.17) is 10.2 Å². The van der Waals surface area contributed by atoms with Crippen LogP contribution in [0.2, 0.25) is 0 Å². The molecule has 0 aromatic heterocycles. The predicted molar refractivity (Wildman–Crippen MR) is 69.0 cm³/mol. The van der Waals surface area contributed by atoms with E-state index in [2.05, 4.69) is 0 Å². The van der Waals surface area contributed by atoms with Gasteiger partial charge in [0.15, 0.2) is 0 Å². The largest absolute Gasteiger partial charge is 0.396 e. The van der Waals surface area contributed by atoms with Crippen LogP contribution in [-0.2, 0) is 6.61 Å². The van der Waals surface area contributed by atoms with Crippen LogP contribution in [0.4, 0.5) is 14.5 Å². The quantitative estimate of drug-likeness (QED) is 0.833. The van der Waals surface area contributed by atoms with E-state index in [1.807, 2.05) is 0 Å². The van der Waals surface area contributed by atoms with Crippen molar-refractivity contribution in [1.82, 2.24) is 0 Å². The molecule has 0 saturated heterocycles. The Morgan fingerprint density at radius 3 is 2.21 bits per heavy atom. The molecule has 0 atom stereocenters. The Morgan fingerprint density at radius 2 is 1.79 bits per heavy atom. The number of rotatable bonds is 6. The first-order chi connectivity index (χ1) is 9.17. The average Bonchev–Trinajstić information content (AvgIpc) is 2.32. The van der Waals surface area contributed by atoms with Crippen LogP contribution in [0.15, 0.2) is 12.1 Å². The van der Waals surface area contributed by atoms with Gasteiger partial charge in [-0.3, -0.25) is 0 Å². The summed E-state index contributed by atoms with van der Waals surface area (Å²) in [6.07, 6.45) is 3.40. The smallest absolute Gasteiger partial charge is 0.149 e. The third-order valence-corrected chi connectivity index (χ3v) is 3.62. The topological polar surface area (TPSA) is 43.7 Å². The van der Waals surface area contributed by atoms with Crippen LogP contribution in [0, 0.1) is 11.6 Å². The minimum Gasteiger partial charge on any atom is -0.396 e. The van der Waals surface area contributed by atoms with Crippen molar-refractivity contribution in [3.05, 3.63) is 29.3 Å². The van der Waals surface area contributed by atoms with Gasteiger partial charge in [0.05, 0.1) is 6.61 Å². The highest BCUT2D eigenvalue weighted by Gasteiger charge is 2.28. The maximum absolute atomic E-state index is 14.0. The molecule has 0 bridgehead atoms. The SMILES string of the molecule is OCCCN(c1c(F)cc(CO)cc1F)C1CCC1. The lowest BCUT2D eigenvalue weighted by Crippen LogP contribution is -2.42. The number of benzene rings is 1. The fourth-order valence-electron chi connectivity index (χ4n) is 2.40. The summed E-state index contributed by atoms with van der Waals surface area (Å²) in [4.78, 5) is 1.71. The summed E-state index contributed by atoms with van der Waals surface area (Å²) >= 11 is 0. The van der Waals surface area contributed by atoms with Crippen molar-refractivity contribution >= 4 is 5.69 Å². The normalized spacial score (nSPS) is 15.4. The van der Waals surface area contributed by atoms with Crippen LogP contribution in [0.5, 0.6) is 0 Å². The second-order valence-corrected chi connectivity index (χ2v) is 4.92. The Bertz CT molecular complexity index is 412. The number of aliphatic hydroxyl groups excluding tert-OH is 2. The summed E-state index contributed by atoms with van der Waals surface area (Å²) in [6.45, 7) is 0.0584. The van der Waals surface area contributed by atoms with Crippen LogP contribution in [0.3, 0.4) is 0 Å². The molecule has 0 radical (unpaired) electrons. The molecule has 0 amide bonds. The Labute approximate surface area is 111 Å². The molecule has 106 valence electrons. The first kappa shape index (κ1) is 14.2. The molecule has 1 aliphatic carbocycles. The van der Waals surface area contributed by atoms with Gasteiger partial charge in [0.25, 0.3) is 0 Å². The number of hydrogen-bond acceptors (Lipinski definition) is 3. The first-order valence-corrected chi connectivity index (χ1v) is 6.63. The minimum absolute atomic E-state index is 0.00117. The molecule has 0 heterocycles. The molecule has 2 N–H and O–H groups in total. The molecule has 3 nitrogen and oxygen atoms in total. The maximum atomic E-state index is 14.0. The molecule has 0 spiro atoms. The second-order valence-electron chi connectivity index (χ2n) is 4.92.